The summed E-state index contributed by atoms with van der Waals surface area (Å²) in [4.78, 5) is 25.4. The number of aryl methyl sites for hydroxylation is 1. The van der Waals surface area contributed by atoms with E-state index < -0.39 is 12.0 Å². The van der Waals surface area contributed by atoms with Crippen molar-refractivity contribution < 1.29 is 19.4 Å². The number of primary amides is 1. The number of hydrogen-bond donors (Lipinski definition) is 2. The highest BCUT2D eigenvalue weighted by atomic mass is 16.5. The Bertz CT molecular complexity index is 834. The second-order valence-electron chi connectivity index (χ2n) is 6.53. The van der Waals surface area contributed by atoms with Gasteiger partial charge in [-0.05, 0) is 43.2 Å². The van der Waals surface area contributed by atoms with Crippen molar-refractivity contribution in [2.45, 2.75) is 19.4 Å². The molecule has 0 radical (unpaired) electrons. The first-order valence-electron chi connectivity index (χ1n) is 8.53. The first-order chi connectivity index (χ1) is 12.4. The number of rotatable bonds is 5. The fourth-order valence-corrected chi connectivity index (χ4v) is 3.07. The molecule has 1 aliphatic rings. The van der Waals surface area contributed by atoms with E-state index in [-0.39, 0.29) is 12.5 Å². The molecule has 0 saturated carbocycles. The molecule has 26 heavy (non-hydrogen) atoms. The molecule has 0 aliphatic carbocycles. The van der Waals surface area contributed by atoms with Gasteiger partial charge in [-0.3, -0.25) is 9.59 Å². The fourth-order valence-electron chi connectivity index (χ4n) is 3.07. The molecule has 0 spiro atoms. The predicted molar refractivity (Wildman–Crippen MR) is 97.8 cm³/mol. The Balaban J connectivity index is 1.91. The second-order valence-corrected chi connectivity index (χ2v) is 6.53. The Labute approximate surface area is 152 Å². The molecule has 1 fully saturated rings. The number of nitrogens with two attached hydrogens (primary N) is 1. The van der Waals surface area contributed by atoms with Gasteiger partial charge in [-0.25, -0.2) is 0 Å². The average molecular weight is 354 g/mol. The van der Waals surface area contributed by atoms with E-state index in [1.165, 1.54) is 0 Å². The summed E-state index contributed by atoms with van der Waals surface area (Å²) in [5, 5.41) is 9.65. The number of amides is 2. The third kappa shape index (κ3) is 4.03. The number of hydrogen-bond acceptors (Lipinski definition) is 4. The van der Waals surface area contributed by atoms with E-state index in [2.05, 4.69) is 0 Å². The lowest BCUT2D eigenvalue weighted by Gasteiger charge is -2.17. The van der Waals surface area contributed by atoms with Crippen LogP contribution >= 0.6 is 0 Å². The molecule has 2 amide bonds. The molecular weight excluding hydrogens is 332 g/mol. The van der Waals surface area contributed by atoms with Crippen molar-refractivity contribution in [3.05, 3.63) is 53.6 Å². The van der Waals surface area contributed by atoms with Crippen LogP contribution in [-0.2, 0) is 4.79 Å². The molecule has 6 heteroatoms. The van der Waals surface area contributed by atoms with E-state index in [4.69, 9.17) is 10.5 Å². The molecule has 3 N–H and O–H groups in total. The average Bonchev–Trinajstić information content (AvgIpc) is 3.06. The second kappa shape index (κ2) is 7.58. The molecule has 2 aromatic carbocycles. The van der Waals surface area contributed by atoms with Crippen molar-refractivity contribution in [2.24, 2.45) is 5.73 Å². The highest BCUT2D eigenvalue weighted by Crippen LogP contribution is 2.32. The zero-order valence-electron chi connectivity index (χ0n) is 14.6. The van der Waals surface area contributed by atoms with E-state index in [0.29, 0.717) is 30.8 Å². The smallest absolute Gasteiger partial charge is 0.255 e. The molecule has 0 bridgehead atoms. The van der Waals surface area contributed by atoms with Gasteiger partial charge >= 0.3 is 0 Å². The van der Waals surface area contributed by atoms with E-state index in [0.717, 1.165) is 16.7 Å². The minimum absolute atomic E-state index is 0.101. The van der Waals surface area contributed by atoms with Crippen LogP contribution in [0.3, 0.4) is 0 Å². The first kappa shape index (κ1) is 17.9. The standard InChI is InChI=1S/C20H22N2O4/c1-13-5-6-18(26-12-19(21)24)17(9-13)14-3-2-4-15(10-14)20(25)22-8-7-16(23)11-22/h2-6,9-10,16,23H,7-8,11-12H2,1H3,(H2,21,24)/t16-/m1/s1. The minimum Gasteiger partial charge on any atom is -0.483 e. The number of aliphatic hydroxyl groups excluding tert-OH is 1. The van der Waals surface area contributed by atoms with Crippen molar-refractivity contribution in [1.29, 1.82) is 0 Å². The molecular formula is C20H22N2O4. The topological polar surface area (TPSA) is 92.9 Å². The first-order valence-corrected chi connectivity index (χ1v) is 8.53. The van der Waals surface area contributed by atoms with Crippen LogP contribution < -0.4 is 10.5 Å². The van der Waals surface area contributed by atoms with Crippen LogP contribution in [0.1, 0.15) is 22.3 Å². The maximum absolute atomic E-state index is 12.7. The molecule has 2 aromatic rings. The van der Waals surface area contributed by atoms with Crippen LogP contribution in [0.4, 0.5) is 0 Å². The van der Waals surface area contributed by atoms with Gasteiger partial charge in [0.2, 0.25) is 0 Å². The van der Waals surface area contributed by atoms with Gasteiger partial charge in [0.05, 0.1) is 6.10 Å². The van der Waals surface area contributed by atoms with Crippen molar-refractivity contribution >= 4 is 11.8 Å². The Hall–Kier alpha value is -2.86. The number of benzene rings is 2. The highest BCUT2D eigenvalue weighted by molar-refractivity contribution is 5.96. The van der Waals surface area contributed by atoms with Crippen molar-refractivity contribution in [3.8, 4) is 16.9 Å². The van der Waals surface area contributed by atoms with Crippen LogP contribution in [0.25, 0.3) is 11.1 Å². The lowest BCUT2D eigenvalue weighted by molar-refractivity contribution is -0.119. The molecule has 0 unspecified atom stereocenters. The van der Waals surface area contributed by atoms with Gasteiger partial charge in [-0.2, -0.15) is 0 Å². The normalized spacial score (nSPS) is 16.5. The van der Waals surface area contributed by atoms with Gasteiger partial charge in [0.15, 0.2) is 6.61 Å². The maximum atomic E-state index is 12.7. The van der Waals surface area contributed by atoms with Crippen LogP contribution in [0.5, 0.6) is 5.75 Å². The SMILES string of the molecule is Cc1ccc(OCC(N)=O)c(-c2cccc(C(=O)N3CC[C@@H](O)C3)c2)c1. The van der Waals surface area contributed by atoms with Crippen LogP contribution in [-0.4, -0.2) is 47.6 Å². The number of carbonyl (C=O) groups excluding carboxylic acids is 2. The number of aliphatic hydroxyl groups is 1. The van der Waals surface area contributed by atoms with Gasteiger partial charge in [0, 0.05) is 24.2 Å². The molecule has 1 aliphatic heterocycles. The molecule has 1 heterocycles. The summed E-state index contributed by atoms with van der Waals surface area (Å²) >= 11 is 0. The Morgan fingerprint density at radius 3 is 2.77 bits per heavy atom. The quantitative estimate of drug-likeness (QED) is 0.855. The Morgan fingerprint density at radius 2 is 2.08 bits per heavy atom. The molecule has 1 saturated heterocycles. The van der Waals surface area contributed by atoms with Gasteiger partial charge < -0.3 is 20.5 Å². The van der Waals surface area contributed by atoms with Crippen LogP contribution in [0, 0.1) is 6.92 Å². The summed E-state index contributed by atoms with van der Waals surface area (Å²) in [5.74, 6) is -0.112. The minimum atomic E-state index is -0.548. The summed E-state index contributed by atoms with van der Waals surface area (Å²) in [6, 6.07) is 12.9. The van der Waals surface area contributed by atoms with Gasteiger partial charge in [-0.1, -0.05) is 23.8 Å². The van der Waals surface area contributed by atoms with E-state index in [9.17, 15) is 14.7 Å². The number of likely N-dealkylation sites (tertiary alicyclic amines) is 1. The number of nitrogens with zero attached hydrogens (tertiary/aromatic N) is 1. The summed E-state index contributed by atoms with van der Waals surface area (Å²) in [7, 11) is 0. The summed E-state index contributed by atoms with van der Waals surface area (Å²) in [6.45, 7) is 2.67. The predicted octanol–water partition coefficient (Wildman–Crippen LogP) is 1.73. The van der Waals surface area contributed by atoms with E-state index >= 15 is 0 Å². The molecule has 3 rings (SSSR count). The zero-order valence-corrected chi connectivity index (χ0v) is 14.6. The molecule has 136 valence electrons. The van der Waals surface area contributed by atoms with Crippen molar-refractivity contribution in [3.63, 3.8) is 0 Å². The Morgan fingerprint density at radius 1 is 1.27 bits per heavy atom. The van der Waals surface area contributed by atoms with Gasteiger partial charge in [0.25, 0.3) is 11.8 Å². The van der Waals surface area contributed by atoms with E-state index in [1.807, 2.05) is 31.2 Å². The van der Waals surface area contributed by atoms with Gasteiger partial charge in [-0.15, -0.1) is 0 Å². The molecule has 0 aromatic heterocycles. The number of β-amino-alcohol motifs (C(OH)–C–C–N with tert-alkyl or cyclic N) is 1. The lowest BCUT2D eigenvalue weighted by atomic mass is 10.00. The van der Waals surface area contributed by atoms with E-state index in [1.54, 1.807) is 23.1 Å². The summed E-state index contributed by atoms with van der Waals surface area (Å²) in [6.07, 6.45) is 0.154. The lowest BCUT2D eigenvalue weighted by Crippen LogP contribution is -2.29. The fraction of sp³-hybridized carbons (Fsp3) is 0.300. The van der Waals surface area contributed by atoms with Crippen LogP contribution in [0.15, 0.2) is 42.5 Å². The Kier molecular flexibility index (Phi) is 5.23. The third-order valence-electron chi connectivity index (χ3n) is 4.38. The third-order valence-corrected chi connectivity index (χ3v) is 4.38. The number of ether oxygens (including phenoxy) is 1. The largest absolute Gasteiger partial charge is 0.483 e. The number of carbonyl (C=O) groups is 2. The molecule has 1 atom stereocenters. The van der Waals surface area contributed by atoms with Crippen LogP contribution in [0.2, 0.25) is 0 Å². The zero-order chi connectivity index (χ0) is 18.7. The summed E-state index contributed by atoms with van der Waals surface area (Å²) in [5.41, 5.74) is 8.37. The highest BCUT2D eigenvalue weighted by Gasteiger charge is 2.25. The van der Waals surface area contributed by atoms with Crippen molar-refractivity contribution in [2.75, 3.05) is 19.7 Å². The van der Waals surface area contributed by atoms with Gasteiger partial charge in [0.1, 0.15) is 5.75 Å². The monoisotopic (exact) mass is 354 g/mol. The summed E-state index contributed by atoms with van der Waals surface area (Å²) < 4.78 is 5.52. The maximum Gasteiger partial charge on any atom is 0.255 e. The molecule has 6 nitrogen and oxygen atoms in total. The van der Waals surface area contributed by atoms with Crippen molar-refractivity contribution in [1.82, 2.24) is 4.90 Å².